The Hall–Kier alpha value is -0.910. The highest BCUT2D eigenvalue weighted by Crippen LogP contribution is 2.15. The van der Waals surface area contributed by atoms with Gasteiger partial charge in [-0.25, -0.2) is 4.98 Å². The molecule has 4 nitrogen and oxygen atoms in total. The van der Waals surface area contributed by atoms with Gasteiger partial charge in [0.1, 0.15) is 0 Å². The number of aromatic nitrogens is 2. The third kappa shape index (κ3) is 1.98. The van der Waals surface area contributed by atoms with Crippen LogP contribution in [0.25, 0.3) is 4.96 Å². The van der Waals surface area contributed by atoms with Crippen LogP contribution in [0.1, 0.15) is 18.5 Å². The zero-order valence-corrected chi connectivity index (χ0v) is 9.86. The van der Waals surface area contributed by atoms with E-state index >= 15 is 0 Å². The average Bonchev–Trinajstić information content (AvgIpc) is 2.77. The number of hydrogen-bond donors (Lipinski definition) is 1. The lowest BCUT2D eigenvalue weighted by atomic mass is 10.1. The zero-order valence-electron chi connectivity index (χ0n) is 9.04. The van der Waals surface area contributed by atoms with Gasteiger partial charge in [0.05, 0.1) is 11.8 Å². The third-order valence-electron chi connectivity index (χ3n) is 3.01. The van der Waals surface area contributed by atoms with Crippen molar-refractivity contribution in [2.75, 3.05) is 13.1 Å². The normalized spacial score (nSPS) is 22.9. The van der Waals surface area contributed by atoms with E-state index in [1.54, 1.807) is 11.3 Å². The van der Waals surface area contributed by atoms with Crippen molar-refractivity contribution in [3.63, 3.8) is 0 Å². The first kappa shape index (κ1) is 10.3. The lowest BCUT2D eigenvalue weighted by Crippen LogP contribution is -2.37. The third-order valence-corrected chi connectivity index (χ3v) is 3.78. The maximum absolute atomic E-state index is 9.59. The summed E-state index contributed by atoms with van der Waals surface area (Å²) in [7, 11) is 0. The summed E-state index contributed by atoms with van der Waals surface area (Å²) in [5.74, 6) is 0. The fourth-order valence-electron chi connectivity index (χ4n) is 2.26. The Morgan fingerprint density at radius 1 is 1.56 bits per heavy atom. The van der Waals surface area contributed by atoms with E-state index in [9.17, 15) is 5.11 Å². The van der Waals surface area contributed by atoms with Crippen LogP contribution >= 0.6 is 11.3 Å². The van der Waals surface area contributed by atoms with E-state index < -0.39 is 0 Å². The second kappa shape index (κ2) is 4.16. The van der Waals surface area contributed by atoms with Crippen LogP contribution < -0.4 is 0 Å². The predicted octanol–water partition coefficient (Wildman–Crippen LogP) is 1.35. The van der Waals surface area contributed by atoms with Crippen molar-refractivity contribution < 1.29 is 5.11 Å². The largest absolute Gasteiger partial charge is 0.392 e. The molecule has 3 rings (SSSR count). The number of piperidine rings is 1. The van der Waals surface area contributed by atoms with Crippen molar-refractivity contribution in [3.8, 4) is 0 Å². The molecule has 0 aromatic carbocycles. The molecule has 1 saturated heterocycles. The monoisotopic (exact) mass is 237 g/mol. The van der Waals surface area contributed by atoms with Gasteiger partial charge < -0.3 is 5.11 Å². The molecule has 0 bridgehead atoms. The summed E-state index contributed by atoms with van der Waals surface area (Å²) in [4.78, 5) is 7.88. The van der Waals surface area contributed by atoms with Crippen LogP contribution in [0.15, 0.2) is 17.8 Å². The molecule has 0 radical (unpaired) electrons. The molecule has 0 aliphatic carbocycles. The van der Waals surface area contributed by atoms with Crippen LogP contribution in [0.2, 0.25) is 0 Å². The highest BCUT2D eigenvalue weighted by atomic mass is 32.1. The van der Waals surface area contributed by atoms with E-state index in [4.69, 9.17) is 0 Å². The Morgan fingerprint density at radius 3 is 3.31 bits per heavy atom. The minimum Gasteiger partial charge on any atom is -0.392 e. The fraction of sp³-hybridized carbons (Fsp3) is 0.545. The zero-order chi connectivity index (χ0) is 11.0. The predicted molar refractivity (Wildman–Crippen MR) is 63.6 cm³/mol. The molecule has 3 heterocycles. The highest BCUT2D eigenvalue weighted by Gasteiger charge is 2.18. The van der Waals surface area contributed by atoms with E-state index in [-0.39, 0.29) is 6.10 Å². The van der Waals surface area contributed by atoms with E-state index in [1.165, 1.54) is 0 Å². The standard InChI is InChI=1S/C11H15N3OS/c15-10-2-1-3-13(8-10)6-9-7-14-4-5-16-11(14)12-9/h4-5,7,10,15H,1-3,6,8H2/t10-/m0/s1. The molecule has 0 spiro atoms. The van der Waals surface area contributed by atoms with Crippen LogP contribution in [0, 0.1) is 0 Å². The molecule has 2 aromatic heterocycles. The molecule has 16 heavy (non-hydrogen) atoms. The summed E-state index contributed by atoms with van der Waals surface area (Å²) in [6, 6.07) is 0. The van der Waals surface area contributed by atoms with Gasteiger partial charge in [-0.05, 0) is 19.4 Å². The Balaban J connectivity index is 1.71. The summed E-state index contributed by atoms with van der Waals surface area (Å²) in [6.45, 7) is 2.71. The molecule has 0 amide bonds. The topological polar surface area (TPSA) is 40.8 Å². The van der Waals surface area contributed by atoms with Crippen molar-refractivity contribution in [1.82, 2.24) is 14.3 Å². The smallest absolute Gasteiger partial charge is 0.193 e. The minimum absolute atomic E-state index is 0.155. The van der Waals surface area contributed by atoms with Crippen LogP contribution in [0.5, 0.6) is 0 Å². The van der Waals surface area contributed by atoms with Crippen LogP contribution in [-0.4, -0.2) is 38.6 Å². The fourth-order valence-corrected chi connectivity index (χ4v) is 2.98. The first-order chi connectivity index (χ1) is 7.81. The summed E-state index contributed by atoms with van der Waals surface area (Å²) in [5, 5.41) is 11.6. The van der Waals surface area contributed by atoms with Gasteiger partial charge in [-0.2, -0.15) is 0 Å². The van der Waals surface area contributed by atoms with Gasteiger partial charge in [0.2, 0.25) is 0 Å². The van der Waals surface area contributed by atoms with Gasteiger partial charge in [0, 0.05) is 30.9 Å². The first-order valence-electron chi connectivity index (χ1n) is 5.63. The molecule has 1 aliphatic rings. The molecule has 2 aromatic rings. The van der Waals surface area contributed by atoms with Crippen LogP contribution in [0.4, 0.5) is 0 Å². The maximum Gasteiger partial charge on any atom is 0.193 e. The molecule has 5 heteroatoms. The Kier molecular flexibility index (Phi) is 2.67. The number of imidazole rings is 1. The van der Waals surface area contributed by atoms with Crippen molar-refractivity contribution in [2.24, 2.45) is 0 Å². The SMILES string of the molecule is O[C@H]1CCCN(Cc2cn3ccsc3n2)C1. The second-order valence-electron chi connectivity index (χ2n) is 4.36. The number of β-amino-alcohol motifs (C(OH)–C–C–N with tert-alkyl or cyclic N) is 1. The van der Waals surface area contributed by atoms with Gasteiger partial charge in [0.25, 0.3) is 0 Å². The van der Waals surface area contributed by atoms with Gasteiger partial charge in [0.15, 0.2) is 4.96 Å². The van der Waals surface area contributed by atoms with E-state index in [0.717, 1.165) is 43.1 Å². The minimum atomic E-state index is -0.155. The molecular weight excluding hydrogens is 222 g/mol. The number of thiazole rings is 1. The highest BCUT2D eigenvalue weighted by molar-refractivity contribution is 7.15. The van der Waals surface area contributed by atoms with E-state index in [2.05, 4.69) is 20.5 Å². The summed E-state index contributed by atoms with van der Waals surface area (Å²) >= 11 is 1.65. The van der Waals surface area contributed by atoms with E-state index in [0.29, 0.717) is 0 Å². The number of hydrogen-bond acceptors (Lipinski definition) is 4. The maximum atomic E-state index is 9.59. The molecule has 0 saturated carbocycles. The van der Waals surface area contributed by atoms with Gasteiger partial charge >= 0.3 is 0 Å². The average molecular weight is 237 g/mol. The molecule has 0 unspecified atom stereocenters. The number of likely N-dealkylation sites (tertiary alicyclic amines) is 1. The molecule has 86 valence electrons. The van der Waals surface area contributed by atoms with Gasteiger partial charge in [-0.15, -0.1) is 11.3 Å². The Bertz CT molecular complexity index is 450. The number of fused-ring (bicyclic) bond motifs is 1. The van der Waals surface area contributed by atoms with Crippen molar-refractivity contribution >= 4 is 16.3 Å². The Morgan fingerprint density at radius 2 is 2.50 bits per heavy atom. The lowest BCUT2D eigenvalue weighted by Gasteiger charge is -2.29. The molecule has 1 N–H and O–H groups in total. The second-order valence-corrected chi connectivity index (χ2v) is 5.23. The quantitative estimate of drug-likeness (QED) is 0.857. The number of aliphatic hydroxyl groups excluding tert-OH is 1. The lowest BCUT2D eigenvalue weighted by molar-refractivity contribution is 0.0663. The van der Waals surface area contributed by atoms with Crippen molar-refractivity contribution in [3.05, 3.63) is 23.5 Å². The molecule has 1 aliphatic heterocycles. The van der Waals surface area contributed by atoms with Gasteiger partial charge in [-0.1, -0.05) is 0 Å². The van der Waals surface area contributed by atoms with Gasteiger partial charge in [-0.3, -0.25) is 9.30 Å². The molecular formula is C11H15N3OS. The van der Waals surface area contributed by atoms with Crippen molar-refractivity contribution in [2.45, 2.75) is 25.5 Å². The molecule has 1 atom stereocenters. The van der Waals surface area contributed by atoms with Crippen LogP contribution in [-0.2, 0) is 6.54 Å². The number of nitrogens with zero attached hydrogens (tertiary/aromatic N) is 3. The summed E-state index contributed by atoms with van der Waals surface area (Å²) in [5.41, 5.74) is 1.10. The van der Waals surface area contributed by atoms with E-state index in [1.807, 2.05) is 11.6 Å². The first-order valence-corrected chi connectivity index (χ1v) is 6.51. The number of rotatable bonds is 2. The summed E-state index contributed by atoms with van der Waals surface area (Å²) < 4.78 is 2.06. The summed E-state index contributed by atoms with van der Waals surface area (Å²) in [6.07, 6.45) is 5.98. The van der Waals surface area contributed by atoms with Crippen LogP contribution in [0.3, 0.4) is 0 Å². The molecule has 1 fully saturated rings. The Labute approximate surface area is 98.1 Å². The number of aliphatic hydroxyl groups is 1. The van der Waals surface area contributed by atoms with Crippen molar-refractivity contribution in [1.29, 1.82) is 0 Å².